The minimum Gasteiger partial charge on any atom is -0.140 e. The van der Waals surface area contributed by atoms with E-state index in [1.54, 1.807) is 0 Å². The van der Waals surface area contributed by atoms with E-state index in [2.05, 4.69) is 42.2 Å². The molecule has 1 heterocycles. The Hall–Kier alpha value is 1.05. The fourth-order valence-corrected chi connectivity index (χ4v) is 7.22. The van der Waals surface area contributed by atoms with Crippen molar-refractivity contribution < 1.29 is 0 Å². The Bertz CT molecular complexity index is 167. The van der Waals surface area contributed by atoms with Gasteiger partial charge in [-0.1, -0.05) is 71.1 Å². The van der Waals surface area contributed by atoms with E-state index in [9.17, 15) is 0 Å². The first kappa shape index (κ1) is 17.1. The standard InChI is InChI=1S/C15H30S3/c1-2-3-4-5-6-7-8-9-10-11-12-15-17-13-16-14-18-15/h15H,2-14H2,1H3. The molecule has 3 heteroatoms. The van der Waals surface area contributed by atoms with E-state index in [0.717, 1.165) is 4.58 Å². The van der Waals surface area contributed by atoms with Crippen molar-refractivity contribution in [3.05, 3.63) is 0 Å². The molecule has 18 heavy (non-hydrogen) atoms. The normalized spacial score (nSPS) is 17.2. The number of rotatable bonds is 11. The van der Waals surface area contributed by atoms with Gasteiger partial charge < -0.3 is 0 Å². The predicted molar refractivity (Wildman–Crippen MR) is 92.8 cm³/mol. The molecule has 0 atom stereocenters. The summed E-state index contributed by atoms with van der Waals surface area (Å²) in [7, 11) is 0. The molecular formula is C15H30S3. The van der Waals surface area contributed by atoms with Crippen LogP contribution in [-0.2, 0) is 0 Å². The van der Waals surface area contributed by atoms with Crippen LogP contribution in [0.3, 0.4) is 0 Å². The third-order valence-corrected chi connectivity index (χ3v) is 7.92. The molecule has 0 aliphatic carbocycles. The summed E-state index contributed by atoms with van der Waals surface area (Å²) in [5.74, 6) is 0. The van der Waals surface area contributed by atoms with Gasteiger partial charge in [0.1, 0.15) is 0 Å². The summed E-state index contributed by atoms with van der Waals surface area (Å²) in [5, 5.41) is 2.66. The molecule has 0 N–H and O–H groups in total. The highest BCUT2D eigenvalue weighted by Crippen LogP contribution is 2.38. The highest BCUT2D eigenvalue weighted by atomic mass is 32.3. The molecule has 108 valence electrons. The molecule has 1 aliphatic heterocycles. The average molecular weight is 307 g/mol. The third kappa shape index (κ3) is 9.91. The Morgan fingerprint density at radius 3 is 1.78 bits per heavy atom. The van der Waals surface area contributed by atoms with Crippen LogP contribution < -0.4 is 0 Å². The Kier molecular flexibility index (Phi) is 12.4. The predicted octanol–water partition coefficient (Wildman–Crippen LogP) is 6.75. The van der Waals surface area contributed by atoms with Crippen LogP contribution in [0.15, 0.2) is 0 Å². The lowest BCUT2D eigenvalue weighted by molar-refractivity contribution is 0.554. The Balaban J connectivity index is 1.73. The number of hydrogen-bond donors (Lipinski definition) is 0. The third-order valence-electron chi connectivity index (χ3n) is 3.47. The van der Waals surface area contributed by atoms with Crippen LogP contribution in [0, 0.1) is 0 Å². The van der Waals surface area contributed by atoms with Gasteiger partial charge in [0, 0.05) is 10.2 Å². The van der Waals surface area contributed by atoms with Gasteiger partial charge in [0.05, 0.1) is 4.58 Å². The maximum Gasteiger partial charge on any atom is 0.0519 e. The van der Waals surface area contributed by atoms with Gasteiger partial charge in [0.2, 0.25) is 0 Å². The zero-order valence-electron chi connectivity index (χ0n) is 12.0. The lowest BCUT2D eigenvalue weighted by Gasteiger charge is -2.20. The maximum absolute atomic E-state index is 2.29. The summed E-state index contributed by atoms with van der Waals surface area (Å²) in [6, 6.07) is 0. The first-order chi connectivity index (χ1) is 8.93. The van der Waals surface area contributed by atoms with E-state index in [-0.39, 0.29) is 0 Å². The molecule has 0 saturated carbocycles. The van der Waals surface area contributed by atoms with Crippen LogP contribution in [0.25, 0.3) is 0 Å². The number of thioether (sulfide) groups is 3. The van der Waals surface area contributed by atoms with Crippen LogP contribution in [-0.4, -0.2) is 14.8 Å². The lowest BCUT2D eigenvalue weighted by atomic mass is 10.1. The first-order valence-electron chi connectivity index (χ1n) is 7.74. The second kappa shape index (κ2) is 13.1. The second-order valence-corrected chi connectivity index (χ2v) is 9.57. The monoisotopic (exact) mass is 306 g/mol. The molecule has 0 nitrogen and oxygen atoms in total. The molecule has 1 rings (SSSR count). The number of unbranched alkanes of at least 4 members (excludes halogenated alkanes) is 9. The van der Waals surface area contributed by atoms with Crippen molar-refractivity contribution in [2.24, 2.45) is 0 Å². The maximum atomic E-state index is 2.29. The van der Waals surface area contributed by atoms with Crippen molar-refractivity contribution in [2.45, 2.75) is 82.1 Å². The van der Waals surface area contributed by atoms with Crippen molar-refractivity contribution in [3.8, 4) is 0 Å². The zero-order valence-corrected chi connectivity index (χ0v) is 14.4. The first-order valence-corrected chi connectivity index (χ1v) is 11.0. The van der Waals surface area contributed by atoms with E-state index < -0.39 is 0 Å². The zero-order chi connectivity index (χ0) is 12.9. The van der Waals surface area contributed by atoms with Crippen molar-refractivity contribution >= 4 is 35.3 Å². The molecule has 0 aromatic carbocycles. The quantitative estimate of drug-likeness (QED) is 0.387. The van der Waals surface area contributed by atoms with Gasteiger partial charge in [-0.05, 0) is 6.42 Å². The van der Waals surface area contributed by atoms with Crippen LogP contribution in [0.2, 0.25) is 0 Å². The minimum atomic E-state index is 0.917. The molecule has 0 aromatic rings. The van der Waals surface area contributed by atoms with E-state index in [4.69, 9.17) is 0 Å². The van der Waals surface area contributed by atoms with E-state index in [1.807, 2.05) is 0 Å². The Morgan fingerprint density at radius 1 is 0.722 bits per heavy atom. The molecule has 0 unspecified atom stereocenters. The molecule has 0 aromatic heterocycles. The van der Waals surface area contributed by atoms with Crippen LogP contribution in [0.1, 0.15) is 77.6 Å². The highest BCUT2D eigenvalue weighted by molar-refractivity contribution is 8.32. The summed E-state index contributed by atoms with van der Waals surface area (Å²) in [5.41, 5.74) is 0. The van der Waals surface area contributed by atoms with Crippen molar-refractivity contribution in [1.29, 1.82) is 0 Å². The molecule has 0 radical (unpaired) electrons. The summed E-state index contributed by atoms with van der Waals surface area (Å²) in [4.78, 5) is 0. The molecule has 1 saturated heterocycles. The van der Waals surface area contributed by atoms with Crippen LogP contribution >= 0.6 is 35.3 Å². The molecule has 0 spiro atoms. The van der Waals surface area contributed by atoms with Gasteiger partial charge in [-0.25, -0.2) is 0 Å². The summed E-state index contributed by atoms with van der Waals surface area (Å²) in [6.45, 7) is 2.29. The lowest BCUT2D eigenvalue weighted by Crippen LogP contribution is -2.02. The Morgan fingerprint density at radius 2 is 1.22 bits per heavy atom. The fraction of sp³-hybridized carbons (Fsp3) is 1.00. The van der Waals surface area contributed by atoms with Gasteiger partial charge >= 0.3 is 0 Å². The number of hydrogen-bond acceptors (Lipinski definition) is 3. The topological polar surface area (TPSA) is 0 Å². The molecule has 1 aliphatic rings. The smallest absolute Gasteiger partial charge is 0.0519 e. The van der Waals surface area contributed by atoms with Gasteiger partial charge in [0.25, 0.3) is 0 Å². The minimum absolute atomic E-state index is 0.917. The van der Waals surface area contributed by atoms with Gasteiger partial charge in [-0.2, -0.15) is 0 Å². The summed E-state index contributed by atoms with van der Waals surface area (Å²) < 4.78 is 0.917. The SMILES string of the molecule is CCCCCCCCCCCCC1SCSCS1. The summed E-state index contributed by atoms with van der Waals surface area (Å²) in [6.07, 6.45) is 16.0. The second-order valence-electron chi connectivity index (χ2n) is 5.17. The van der Waals surface area contributed by atoms with Crippen molar-refractivity contribution in [2.75, 3.05) is 10.2 Å². The largest absolute Gasteiger partial charge is 0.140 e. The van der Waals surface area contributed by atoms with Crippen LogP contribution in [0.4, 0.5) is 0 Å². The van der Waals surface area contributed by atoms with Gasteiger partial charge in [0.15, 0.2) is 0 Å². The molecule has 0 amide bonds. The summed E-state index contributed by atoms with van der Waals surface area (Å²) >= 11 is 6.42. The molecule has 1 fully saturated rings. The fourth-order valence-electron chi connectivity index (χ4n) is 2.30. The van der Waals surface area contributed by atoms with Crippen molar-refractivity contribution in [3.63, 3.8) is 0 Å². The highest BCUT2D eigenvalue weighted by Gasteiger charge is 2.13. The average Bonchev–Trinajstić information content (AvgIpc) is 2.42. The van der Waals surface area contributed by atoms with E-state index in [1.165, 1.54) is 80.8 Å². The Labute approximate surface area is 127 Å². The van der Waals surface area contributed by atoms with E-state index >= 15 is 0 Å². The van der Waals surface area contributed by atoms with Crippen molar-refractivity contribution in [1.82, 2.24) is 0 Å². The molecule has 0 bridgehead atoms. The van der Waals surface area contributed by atoms with Gasteiger partial charge in [-0.15, -0.1) is 35.3 Å². The van der Waals surface area contributed by atoms with Gasteiger partial charge in [-0.3, -0.25) is 0 Å². The molecular weight excluding hydrogens is 276 g/mol. The van der Waals surface area contributed by atoms with Crippen LogP contribution in [0.5, 0.6) is 0 Å². The van der Waals surface area contributed by atoms with E-state index in [0.29, 0.717) is 0 Å².